The molecule has 0 saturated carbocycles. The third-order valence-electron chi connectivity index (χ3n) is 4.52. The molecule has 3 nitrogen and oxygen atoms in total. The van der Waals surface area contributed by atoms with E-state index in [0.29, 0.717) is 6.42 Å². The van der Waals surface area contributed by atoms with Gasteiger partial charge in [-0.3, -0.25) is 4.79 Å². The molecule has 0 amide bonds. The summed E-state index contributed by atoms with van der Waals surface area (Å²) in [4.78, 5) is 15.5. The molecule has 118 valence electrons. The first-order valence-electron chi connectivity index (χ1n) is 8.37. The zero-order chi connectivity index (χ0) is 15.7. The Morgan fingerprint density at radius 1 is 1.18 bits per heavy atom. The van der Waals surface area contributed by atoms with Gasteiger partial charge >= 0.3 is 5.97 Å². The Kier molecular flexibility index (Phi) is 4.23. The maximum absolute atomic E-state index is 12.0. The van der Waals surface area contributed by atoms with Crippen molar-refractivity contribution in [2.75, 3.05) is 0 Å². The molecule has 22 heavy (non-hydrogen) atoms. The number of carbonyl (C=O) groups is 1. The number of hydrogen-bond acceptors (Lipinski definition) is 2. The van der Waals surface area contributed by atoms with Gasteiger partial charge in [0.25, 0.3) is 0 Å². The quantitative estimate of drug-likeness (QED) is 0.680. The lowest BCUT2D eigenvalue weighted by Gasteiger charge is -2.09. The third kappa shape index (κ3) is 3.03. The minimum Gasteiger partial charge on any atom is -0.463 e. The Balaban J connectivity index is 1.98. The number of esters is 1. The molecule has 1 aromatic carbocycles. The summed E-state index contributed by atoms with van der Waals surface area (Å²) in [6.45, 7) is 5.82. The first-order chi connectivity index (χ1) is 10.5. The zero-order valence-electron chi connectivity index (χ0n) is 13.8. The predicted octanol–water partition coefficient (Wildman–Crippen LogP) is 4.24. The highest BCUT2D eigenvalue weighted by molar-refractivity contribution is 5.90. The van der Waals surface area contributed by atoms with Crippen molar-refractivity contribution in [3.63, 3.8) is 0 Å². The molecule has 0 bridgehead atoms. The molecule has 0 aliphatic heterocycles. The van der Waals surface area contributed by atoms with Crippen LogP contribution in [0, 0.1) is 6.92 Å². The minimum absolute atomic E-state index is 0.0608. The maximum atomic E-state index is 12.0. The minimum atomic E-state index is -0.144. The molecular formula is C19H25NO2. The monoisotopic (exact) mass is 299 g/mol. The standard InChI is InChI=1S/C19H25NO2/c1-12(2)22-19(21)11-16-13(3)20-18-10-15-8-6-4-5-7-14(15)9-17(16)18/h9-10,12,20H,4-8,11H2,1-3H3. The van der Waals surface area contributed by atoms with Crippen LogP contribution in [-0.2, 0) is 28.8 Å². The van der Waals surface area contributed by atoms with Crippen LogP contribution in [0.2, 0.25) is 0 Å². The van der Waals surface area contributed by atoms with E-state index in [1.807, 2.05) is 20.8 Å². The van der Waals surface area contributed by atoms with Gasteiger partial charge < -0.3 is 9.72 Å². The van der Waals surface area contributed by atoms with Gasteiger partial charge in [-0.25, -0.2) is 0 Å². The average Bonchev–Trinajstić information content (AvgIpc) is 2.62. The number of benzene rings is 1. The molecule has 1 N–H and O–H groups in total. The largest absolute Gasteiger partial charge is 0.463 e. The molecule has 0 atom stereocenters. The van der Waals surface area contributed by atoms with Crippen molar-refractivity contribution < 1.29 is 9.53 Å². The molecule has 0 fully saturated rings. The second kappa shape index (κ2) is 6.15. The number of fused-ring (bicyclic) bond motifs is 2. The van der Waals surface area contributed by atoms with Crippen molar-refractivity contribution in [2.45, 2.75) is 65.4 Å². The van der Waals surface area contributed by atoms with E-state index in [1.54, 1.807) is 0 Å². The Morgan fingerprint density at radius 3 is 2.55 bits per heavy atom. The van der Waals surface area contributed by atoms with Crippen LogP contribution in [0.25, 0.3) is 10.9 Å². The fourth-order valence-electron chi connectivity index (χ4n) is 3.47. The van der Waals surface area contributed by atoms with E-state index in [4.69, 9.17) is 4.74 Å². The van der Waals surface area contributed by atoms with Gasteiger partial charge in [0.15, 0.2) is 0 Å². The Morgan fingerprint density at radius 2 is 1.86 bits per heavy atom. The van der Waals surface area contributed by atoms with Crippen molar-refractivity contribution in [3.05, 3.63) is 34.5 Å². The zero-order valence-corrected chi connectivity index (χ0v) is 13.8. The van der Waals surface area contributed by atoms with Crippen LogP contribution >= 0.6 is 0 Å². The highest BCUT2D eigenvalue weighted by Crippen LogP contribution is 2.30. The second-order valence-corrected chi connectivity index (χ2v) is 6.67. The first kappa shape index (κ1) is 15.1. The van der Waals surface area contributed by atoms with Crippen LogP contribution in [0.3, 0.4) is 0 Å². The van der Waals surface area contributed by atoms with Crippen LogP contribution in [-0.4, -0.2) is 17.1 Å². The molecule has 1 aromatic heterocycles. The van der Waals surface area contributed by atoms with Crippen LogP contribution in [0.5, 0.6) is 0 Å². The summed E-state index contributed by atoms with van der Waals surface area (Å²) in [5.41, 5.74) is 6.26. The molecule has 3 heteroatoms. The third-order valence-corrected chi connectivity index (χ3v) is 4.52. The predicted molar refractivity (Wildman–Crippen MR) is 89.2 cm³/mol. The lowest BCUT2D eigenvalue weighted by atomic mass is 9.98. The van der Waals surface area contributed by atoms with E-state index >= 15 is 0 Å². The summed E-state index contributed by atoms with van der Waals surface area (Å²) in [5.74, 6) is -0.144. The van der Waals surface area contributed by atoms with Gasteiger partial charge in [-0.05, 0) is 75.3 Å². The van der Waals surface area contributed by atoms with Crippen LogP contribution in [0.15, 0.2) is 12.1 Å². The molecule has 1 aliphatic carbocycles. The molecule has 2 aromatic rings. The van der Waals surface area contributed by atoms with Gasteiger partial charge in [0, 0.05) is 16.6 Å². The maximum Gasteiger partial charge on any atom is 0.310 e. The number of H-pyrrole nitrogens is 1. The van der Waals surface area contributed by atoms with Gasteiger partial charge in [0.05, 0.1) is 12.5 Å². The topological polar surface area (TPSA) is 42.1 Å². The smallest absolute Gasteiger partial charge is 0.310 e. The number of aryl methyl sites for hydroxylation is 3. The van der Waals surface area contributed by atoms with Gasteiger partial charge in [0.1, 0.15) is 0 Å². The highest BCUT2D eigenvalue weighted by atomic mass is 16.5. The summed E-state index contributed by atoms with van der Waals surface area (Å²) < 4.78 is 5.31. The molecule has 0 unspecified atom stereocenters. The van der Waals surface area contributed by atoms with Crippen molar-refractivity contribution in [1.29, 1.82) is 0 Å². The fourth-order valence-corrected chi connectivity index (χ4v) is 3.47. The van der Waals surface area contributed by atoms with Crippen molar-refractivity contribution in [3.8, 4) is 0 Å². The van der Waals surface area contributed by atoms with Crippen LogP contribution in [0.4, 0.5) is 0 Å². The lowest BCUT2D eigenvalue weighted by Crippen LogP contribution is -2.13. The second-order valence-electron chi connectivity index (χ2n) is 6.67. The van der Waals surface area contributed by atoms with E-state index in [9.17, 15) is 4.79 Å². The van der Waals surface area contributed by atoms with E-state index in [-0.39, 0.29) is 12.1 Å². The Labute approximate surface area is 132 Å². The SMILES string of the molecule is Cc1[nH]c2cc3c(cc2c1CC(=O)OC(C)C)CCCCC3. The van der Waals surface area contributed by atoms with E-state index in [2.05, 4.69) is 17.1 Å². The number of aromatic nitrogens is 1. The molecule has 1 aliphatic rings. The highest BCUT2D eigenvalue weighted by Gasteiger charge is 2.17. The normalized spacial score (nSPS) is 14.9. The molecule has 0 radical (unpaired) electrons. The Bertz CT molecular complexity index is 697. The van der Waals surface area contributed by atoms with Gasteiger partial charge in [0.2, 0.25) is 0 Å². The van der Waals surface area contributed by atoms with Crippen molar-refractivity contribution in [2.24, 2.45) is 0 Å². The van der Waals surface area contributed by atoms with Crippen LogP contribution < -0.4 is 0 Å². The molecular weight excluding hydrogens is 274 g/mol. The van der Waals surface area contributed by atoms with Gasteiger partial charge in [-0.15, -0.1) is 0 Å². The average molecular weight is 299 g/mol. The first-order valence-corrected chi connectivity index (χ1v) is 8.37. The van der Waals surface area contributed by atoms with Gasteiger partial charge in [-0.1, -0.05) is 6.42 Å². The number of ether oxygens (including phenoxy) is 1. The molecule has 1 heterocycles. The lowest BCUT2D eigenvalue weighted by molar-refractivity contribution is -0.146. The number of carbonyl (C=O) groups excluding carboxylic acids is 1. The number of rotatable bonds is 3. The van der Waals surface area contributed by atoms with Crippen LogP contribution in [0.1, 0.15) is 55.5 Å². The summed E-state index contributed by atoms with van der Waals surface area (Å²) in [6.07, 6.45) is 6.49. The summed E-state index contributed by atoms with van der Waals surface area (Å²) in [5, 5.41) is 1.19. The Hall–Kier alpha value is -1.77. The molecule has 3 rings (SSSR count). The van der Waals surface area contributed by atoms with E-state index < -0.39 is 0 Å². The summed E-state index contributed by atoms with van der Waals surface area (Å²) in [6, 6.07) is 4.59. The van der Waals surface area contributed by atoms with E-state index in [0.717, 1.165) is 23.2 Å². The molecule has 0 saturated heterocycles. The fraction of sp³-hybridized carbons (Fsp3) is 0.526. The number of aromatic amines is 1. The summed E-state index contributed by atoms with van der Waals surface area (Å²) in [7, 11) is 0. The number of hydrogen-bond donors (Lipinski definition) is 1. The van der Waals surface area contributed by atoms with Gasteiger partial charge in [-0.2, -0.15) is 0 Å². The molecule has 0 spiro atoms. The summed E-state index contributed by atoms with van der Waals surface area (Å²) >= 11 is 0. The van der Waals surface area contributed by atoms with E-state index in [1.165, 1.54) is 42.2 Å². The number of nitrogens with one attached hydrogen (secondary N) is 1. The van der Waals surface area contributed by atoms with Crippen molar-refractivity contribution >= 4 is 16.9 Å². The van der Waals surface area contributed by atoms with Crippen molar-refractivity contribution in [1.82, 2.24) is 4.98 Å².